The van der Waals surface area contributed by atoms with Crippen molar-refractivity contribution in [3.8, 4) is 0 Å². The van der Waals surface area contributed by atoms with Crippen molar-refractivity contribution in [3.63, 3.8) is 0 Å². The Labute approximate surface area is 126 Å². The number of benzene rings is 1. The molecule has 0 heterocycles. The highest BCUT2D eigenvalue weighted by Gasteiger charge is 2.17. The van der Waals surface area contributed by atoms with Gasteiger partial charge in [-0.05, 0) is 49.4 Å². The van der Waals surface area contributed by atoms with E-state index in [1.54, 1.807) is 4.90 Å². The van der Waals surface area contributed by atoms with E-state index in [2.05, 4.69) is 13.8 Å². The van der Waals surface area contributed by atoms with Gasteiger partial charge in [0.15, 0.2) is 0 Å². The fourth-order valence-corrected chi connectivity index (χ4v) is 2.02. The molecule has 4 heteroatoms. The first kappa shape index (κ1) is 17.2. The number of aryl methyl sites for hydroxylation is 2. The van der Waals surface area contributed by atoms with Crippen molar-refractivity contribution in [2.75, 3.05) is 13.1 Å². The molecular weight excluding hydrogens is 266 g/mol. The summed E-state index contributed by atoms with van der Waals surface area (Å²) in [6, 6.07) is 5.62. The summed E-state index contributed by atoms with van der Waals surface area (Å²) in [4.78, 5) is 25.0. The Morgan fingerprint density at radius 2 is 1.81 bits per heavy atom. The largest absolute Gasteiger partial charge is 0.481 e. The number of carboxylic acid groups (broad SMARTS) is 1. The van der Waals surface area contributed by atoms with Crippen LogP contribution < -0.4 is 0 Å². The lowest BCUT2D eigenvalue weighted by Crippen LogP contribution is -2.34. The molecule has 0 aromatic heterocycles. The summed E-state index contributed by atoms with van der Waals surface area (Å²) >= 11 is 0. The third-order valence-electron chi connectivity index (χ3n) is 3.61. The van der Waals surface area contributed by atoms with E-state index in [4.69, 9.17) is 5.11 Å². The quantitative estimate of drug-likeness (QED) is 0.839. The maximum atomic E-state index is 12.6. The maximum absolute atomic E-state index is 12.6. The summed E-state index contributed by atoms with van der Waals surface area (Å²) in [6.07, 6.45) is 0.852. The van der Waals surface area contributed by atoms with E-state index in [1.165, 1.54) is 0 Å². The molecule has 1 amide bonds. The van der Waals surface area contributed by atoms with Crippen LogP contribution in [-0.2, 0) is 4.79 Å². The fraction of sp³-hybridized carbons (Fsp3) is 0.529. The predicted octanol–water partition coefficient (Wildman–Crippen LogP) is 3.27. The molecule has 1 N–H and O–H groups in total. The summed E-state index contributed by atoms with van der Waals surface area (Å²) in [6.45, 7) is 9.02. The number of hydrogen-bond donors (Lipinski definition) is 1. The van der Waals surface area contributed by atoms with E-state index in [1.807, 2.05) is 32.0 Å². The maximum Gasteiger partial charge on any atom is 0.305 e. The summed E-state index contributed by atoms with van der Waals surface area (Å²) in [7, 11) is 0. The number of nitrogens with zero attached hydrogens (tertiary/aromatic N) is 1. The summed E-state index contributed by atoms with van der Waals surface area (Å²) in [5.41, 5.74) is 2.85. The van der Waals surface area contributed by atoms with Gasteiger partial charge < -0.3 is 10.0 Å². The van der Waals surface area contributed by atoms with Gasteiger partial charge in [-0.3, -0.25) is 9.59 Å². The molecule has 0 atom stereocenters. The van der Waals surface area contributed by atoms with Gasteiger partial charge >= 0.3 is 5.97 Å². The molecule has 0 aliphatic carbocycles. The Bertz CT molecular complexity index is 509. The van der Waals surface area contributed by atoms with Crippen LogP contribution in [0.5, 0.6) is 0 Å². The molecule has 4 nitrogen and oxygen atoms in total. The number of carbonyl (C=O) groups is 2. The molecule has 1 aromatic rings. The Kier molecular flexibility index (Phi) is 6.40. The van der Waals surface area contributed by atoms with Gasteiger partial charge in [-0.2, -0.15) is 0 Å². The van der Waals surface area contributed by atoms with Crippen molar-refractivity contribution < 1.29 is 14.7 Å². The van der Waals surface area contributed by atoms with Gasteiger partial charge in [0.1, 0.15) is 0 Å². The normalized spacial score (nSPS) is 10.7. The molecule has 0 bridgehead atoms. The van der Waals surface area contributed by atoms with E-state index in [9.17, 15) is 9.59 Å². The Hall–Kier alpha value is -1.84. The minimum atomic E-state index is -0.877. The van der Waals surface area contributed by atoms with Crippen LogP contribution in [0.4, 0.5) is 0 Å². The predicted molar refractivity (Wildman–Crippen MR) is 83.5 cm³/mol. The molecule has 0 saturated carbocycles. The number of hydrogen-bond acceptors (Lipinski definition) is 2. The first-order chi connectivity index (χ1) is 9.81. The molecular formula is C17H25NO3. The number of carboxylic acids is 1. The molecule has 21 heavy (non-hydrogen) atoms. The van der Waals surface area contributed by atoms with Crippen LogP contribution in [0.2, 0.25) is 0 Å². The third-order valence-corrected chi connectivity index (χ3v) is 3.61. The lowest BCUT2D eigenvalue weighted by molar-refractivity contribution is -0.137. The summed E-state index contributed by atoms with van der Waals surface area (Å²) in [5, 5.41) is 8.83. The van der Waals surface area contributed by atoms with Crippen LogP contribution in [0, 0.1) is 19.8 Å². The monoisotopic (exact) mass is 291 g/mol. The fourth-order valence-electron chi connectivity index (χ4n) is 2.02. The van der Waals surface area contributed by atoms with Crippen molar-refractivity contribution in [2.24, 2.45) is 5.92 Å². The highest BCUT2D eigenvalue weighted by molar-refractivity contribution is 5.94. The summed E-state index contributed by atoms with van der Waals surface area (Å²) in [5.74, 6) is -0.484. The van der Waals surface area contributed by atoms with Gasteiger partial charge in [-0.15, -0.1) is 0 Å². The molecule has 116 valence electrons. The second-order valence-electron chi connectivity index (χ2n) is 5.92. The van der Waals surface area contributed by atoms with E-state index < -0.39 is 5.97 Å². The van der Waals surface area contributed by atoms with Gasteiger partial charge in [0.2, 0.25) is 0 Å². The Balaban J connectivity index is 2.86. The van der Waals surface area contributed by atoms with E-state index in [0.717, 1.165) is 17.5 Å². The van der Waals surface area contributed by atoms with Crippen LogP contribution >= 0.6 is 0 Å². The SMILES string of the molecule is Cc1ccc(C(=O)N(CCC(=O)O)CCC(C)C)cc1C. The molecule has 1 aromatic carbocycles. The van der Waals surface area contributed by atoms with Crippen molar-refractivity contribution in [2.45, 2.75) is 40.5 Å². The first-order valence-corrected chi connectivity index (χ1v) is 7.39. The molecule has 0 spiro atoms. The topological polar surface area (TPSA) is 57.6 Å². The van der Waals surface area contributed by atoms with Crippen molar-refractivity contribution >= 4 is 11.9 Å². The standard InChI is InChI=1S/C17H25NO3/c1-12(2)7-9-18(10-8-16(19)20)17(21)15-6-5-13(3)14(4)11-15/h5-6,11-12H,7-10H2,1-4H3,(H,19,20). The van der Waals surface area contributed by atoms with Gasteiger partial charge in [-0.1, -0.05) is 19.9 Å². The molecule has 0 saturated heterocycles. The smallest absolute Gasteiger partial charge is 0.305 e. The number of aliphatic carboxylic acids is 1. The number of rotatable bonds is 7. The molecule has 0 aliphatic rings. The second kappa shape index (κ2) is 7.81. The molecule has 0 radical (unpaired) electrons. The van der Waals surface area contributed by atoms with E-state index >= 15 is 0 Å². The van der Waals surface area contributed by atoms with Crippen LogP contribution in [0.1, 0.15) is 48.2 Å². The minimum absolute atomic E-state index is 0.0192. The molecule has 0 unspecified atom stereocenters. The van der Waals surface area contributed by atoms with Gasteiger partial charge in [0, 0.05) is 18.7 Å². The van der Waals surface area contributed by atoms with Gasteiger partial charge in [0.05, 0.1) is 6.42 Å². The van der Waals surface area contributed by atoms with E-state index in [-0.39, 0.29) is 18.9 Å². The van der Waals surface area contributed by atoms with Crippen LogP contribution in [0.25, 0.3) is 0 Å². The number of carbonyl (C=O) groups excluding carboxylic acids is 1. The van der Waals surface area contributed by atoms with Crippen molar-refractivity contribution in [1.29, 1.82) is 0 Å². The zero-order chi connectivity index (χ0) is 16.0. The Morgan fingerprint density at radius 1 is 1.14 bits per heavy atom. The first-order valence-electron chi connectivity index (χ1n) is 7.39. The lowest BCUT2D eigenvalue weighted by atomic mass is 10.0. The highest BCUT2D eigenvalue weighted by Crippen LogP contribution is 2.13. The number of amides is 1. The van der Waals surface area contributed by atoms with Crippen molar-refractivity contribution in [3.05, 3.63) is 34.9 Å². The van der Waals surface area contributed by atoms with E-state index in [0.29, 0.717) is 18.0 Å². The zero-order valence-electron chi connectivity index (χ0n) is 13.3. The molecule has 0 fully saturated rings. The van der Waals surface area contributed by atoms with Crippen LogP contribution in [0.15, 0.2) is 18.2 Å². The minimum Gasteiger partial charge on any atom is -0.481 e. The average Bonchev–Trinajstić information content (AvgIpc) is 2.40. The zero-order valence-corrected chi connectivity index (χ0v) is 13.3. The van der Waals surface area contributed by atoms with Crippen molar-refractivity contribution in [1.82, 2.24) is 4.90 Å². The van der Waals surface area contributed by atoms with Gasteiger partial charge in [-0.25, -0.2) is 0 Å². The van der Waals surface area contributed by atoms with Gasteiger partial charge in [0.25, 0.3) is 5.91 Å². The molecule has 1 rings (SSSR count). The Morgan fingerprint density at radius 3 is 2.33 bits per heavy atom. The van der Waals surface area contributed by atoms with Crippen LogP contribution in [-0.4, -0.2) is 35.0 Å². The molecule has 0 aliphatic heterocycles. The van der Waals surface area contributed by atoms with Crippen LogP contribution in [0.3, 0.4) is 0 Å². The lowest BCUT2D eigenvalue weighted by Gasteiger charge is -2.23. The third kappa shape index (κ3) is 5.58. The highest BCUT2D eigenvalue weighted by atomic mass is 16.4. The average molecular weight is 291 g/mol. The summed E-state index contributed by atoms with van der Waals surface area (Å²) < 4.78 is 0. The second-order valence-corrected chi connectivity index (χ2v) is 5.92.